The first-order chi connectivity index (χ1) is 9.63. The van der Waals surface area contributed by atoms with Gasteiger partial charge in [-0.15, -0.1) is 0 Å². The van der Waals surface area contributed by atoms with E-state index in [2.05, 4.69) is 0 Å². The van der Waals surface area contributed by atoms with Gasteiger partial charge in [0.2, 0.25) is 0 Å². The smallest absolute Gasteiger partial charge is 0.123 e. The van der Waals surface area contributed by atoms with E-state index >= 15 is 0 Å². The van der Waals surface area contributed by atoms with Gasteiger partial charge in [0.05, 0.1) is 6.10 Å². The van der Waals surface area contributed by atoms with E-state index in [-0.39, 0.29) is 11.9 Å². The van der Waals surface area contributed by atoms with E-state index in [0.29, 0.717) is 6.61 Å². The third kappa shape index (κ3) is 2.54. The Balaban J connectivity index is 1.73. The van der Waals surface area contributed by atoms with Crippen LogP contribution in [0.25, 0.3) is 0 Å². The Kier molecular flexibility index (Phi) is 3.45. The fraction of sp³-hybridized carbons (Fsp3) is 0.294. The normalized spacial score (nSPS) is 17.1. The molecule has 0 aliphatic heterocycles. The van der Waals surface area contributed by atoms with Crippen molar-refractivity contribution in [3.63, 3.8) is 0 Å². The van der Waals surface area contributed by atoms with E-state index in [1.165, 1.54) is 12.1 Å². The summed E-state index contributed by atoms with van der Waals surface area (Å²) in [6, 6.07) is 10.5. The predicted molar refractivity (Wildman–Crippen MR) is 75.2 cm³/mol. The average molecular weight is 272 g/mol. The van der Waals surface area contributed by atoms with Crippen LogP contribution in [-0.4, -0.2) is 5.11 Å². The molecule has 0 saturated carbocycles. The molecule has 20 heavy (non-hydrogen) atoms. The number of benzene rings is 2. The predicted octanol–water partition coefficient (Wildman–Crippen LogP) is 3.69. The molecule has 0 saturated heterocycles. The van der Waals surface area contributed by atoms with Crippen LogP contribution in [-0.2, 0) is 13.0 Å². The van der Waals surface area contributed by atoms with Gasteiger partial charge in [-0.3, -0.25) is 0 Å². The molecule has 0 amide bonds. The van der Waals surface area contributed by atoms with Gasteiger partial charge in [-0.1, -0.05) is 12.1 Å². The van der Waals surface area contributed by atoms with Crippen molar-refractivity contribution in [1.82, 2.24) is 0 Å². The quantitative estimate of drug-likeness (QED) is 0.923. The van der Waals surface area contributed by atoms with Crippen molar-refractivity contribution >= 4 is 0 Å². The van der Waals surface area contributed by atoms with Crippen LogP contribution in [0.5, 0.6) is 5.75 Å². The maximum Gasteiger partial charge on any atom is 0.123 e. The molecular formula is C17H17FO2. The molecule has 0 radical (unpaired) electrons. The van der Waals surface area contributed by atoms with Crippen LogP contribution in [0.3, 0.4) is 0 Å². The summed E-state index contributed by atoms with van der Waals surface area (Å²) >= 11 is 0. The van der Waals surface area contributed by atoms with Gasteiger partial charge >= 0.3 is 0 Å². The molecule has 1 aliphatic carbocycles. The molecule has 2 nitrogen and oxygen atoms in total. The molecule has 1 atom stereocenters. The van der Waals surface area contributed by atoms with Crippen LogP contribution in [0.15, 0.2) is 36.4 Å². The molecule has 3 rings (SSSR count). The molecule has 1 unspecified atom stereocenters. The van der Waals surface area contributed by atoms with Crippen molar-refractivity contribution in [2.24, 2.45) is 0 Å². The summed E-state index contributed by atoms with van der Waals surface area (Å²) < 4.78 is 18.8. The molecule has 0 aromatic heterocycles. The van der Waals surface area contributed by atoms with Crippen molar-refractivity contribution in [1.29, 1.82) is 0 Å². The van der Waals surface area contributed by atoms with Crippen molar-refractivity contribution in [2.45, 2.75) is 32.5 Å². The highest BCUT2D eigenvalue weighted by molar-refractivity contribution is 5.40. The maximum absolute atomic E-state index is 13.0. The number of aryl methyl sites for hydroxylation is 2. The zero-order valence-electron chi connectivity index (χ0n) is 11.4. The minimum absolute atomic E-state index is 0.224. The maximum atomic E-state index is 13.0. The molecule has 1 N–H and O–H groups in total. The highest BCUT2D eigenvalue weighted by Crippen LogP contribution is 2.33. The topological polar surface area (TPSA) is 29.5 Å². The van der Waals surface area contributed by atoms with Crippen molar-refractivity contribution in [2.75, 3.05) is 0 Å². The number of hydrogen-bond acceptors (Lipinski definition) is 2. The monoisotopic (exact) mass is 272 g/mol. The number of hydrogen-bond donors (Lipinski definition) is 1. The largest absolute Gasteiger partial charge is 0.489 e. The fourth-order valence-corrected chi connectivity index (χ4v) is 2.64. The van der Waals surface area contributed by atoms with Crippen LogP contribution in [0.4, 0.5) is 4.39 Å². The average Bonchev–Trinajstić information content (AvgIpc) is 2.79. The highest BCUT2D eigenvalue weighted by atomic mass is 19.1. The van der Waals surface area contributed by atoms with Gasteiger partial charge in [0.25, 0.3) is 0 Å². The summed E-state index contributed by atoms with van der Waals surface area (Å²) in [5, 5.41) is 9.77. The Labute approximate surface area is 117 Å². The van der Waals surface area contributed by atoms with Gasteiger partial charge in [0.1, 0.15) is 18.2 Å². The number of halogens is 1. The molecule has 1 aliphatic rings. The lowest BCUT2D eigenvalue weighted by molar-refractivity contribution is 0.180. The van der Waals surface area contributed by atoms with Crippen LogP contribution < -0.4 is 4.74 Å². The van der Waals surface area contributed by atoms with Crippen molar-refractivity contribution < 1.29 is 14.2 Å². The van der Waals surface area contributed by atoms with Crippen LogP contribution >= 0.6 is 0 Å². The Morgan fingerprint density at radius 1 is 1.25 bits per heavy atom. The second kappa shape index (κ2) is 5.25. The standard InChI is InChI=1S/C17H17FO2/c1-11-8-14(18)4-2-13(11)10-20-15-5-6-16-12(9-15)3-7-17(16)19/h2,4-6,8-9,17,19H,3,7,10H2,1H3. The Bertz CT molecular complexity index is 637. The zero-order chi connectivity index (χ0) is 14.1. The first-order valence-electron chi connectivity index (χ1n) is 6.82. The number of aliphatic hydroxyl groups is 1. The molecular weight excluding hydrogens is 255 g/mol. The van der Waals surface area contributed by atoms with Gasteiger partial charge in [-0.2, -0.15) is 0 Å². The highest BCUT2D eigenvalue weighted by Gasteiger charge is 2.20. The first-order valence-corrected chi connectivity index (χ1v) is 6.82. The fourth-order valence-electron chi connectivity index (χ4n) is 2.64. The van der Waals surface area contributed by atoms with Crippen LogP contribution in [0.2, 0.25) is 0 Å². The van der Waals surface area contributed by atoms with Crippen LogP contribution in [0, 0.1) is 12.7 Å². The second-order valence-electron chi connectivity index (χ2n) is 5.27. The number of ether oxygens (including phenoxy) is 1. The van der Waals surface area contributed by atoms with Crippen molar-refractivity contribution in [3.8, 4) is 5.75 Å². The molecule has 0 fully saturated rings. The molecule has 3 heteroatoms. The summed E-state index contributed by atoms with van der Waals surface area (Å²) in [7, 11) is 0. The minimum atomic E-state index is -0.335. The van der Waals surface area contributed by atoms with E-state index in [4.69, 9.17) is 4.74 Å². The van der Waals surface area contributed by atoms with E-state index < -0.39 is 0 Å². The molecule has 2 aromatic carbocycles. The number of aliphatic hydroxyl groups excluding tert-OH is 1. The van der Waals surface area contributed by atoms with Gasteiger partial charge < -0.3 is 9.84 Å². The second-order valence-corrected chi connectivity index (χ2v) is 5.27. The summed E-state index contributed by atoms with van der Waals surface area (Å²) in [4.78, 5) is 0. The third-order valence-electron chi connectivity index (χ3n) is 3.86. The van der Waals surface area contributed by atoms with Crippen LogP contribution in [0.1, 0.15) is 34.8 Å². The molecule has 0 bridgehead atoms. The lowest BCUT2D eigenvalue weighted by Crippen LogP contribution is -1.99. The van der Waals surface area contributed by atoms with Gasteiger partial charge in [-0.05, 0) is 66.3 Å². The number of rotatable bonds is 3. The van der Waals surface area contributed by atoms with E-state index in [9.17, 15) is 9.50 Å². The third-order valence-corrected chi connectivity index (χ3v) is 3.86. The SMILES string of the molecule is Cc1cc(F)ccc1COc1ccc2c(c1)CCC2O. The summed E-state index contributed by atoms with van der Waals surface area (Å²) in [6.07, 6.45) is 1.34. The molecule has 0 heterocycles. The molecule has 2 aromatic rings. The van der Waals surface area contributed by atoms with Gasteiger partial charge in [0.15, 0.2) is 0 Å². The molecule has 0 spiro atoms. The van der Waals surface area contributed by atoms with E-state index in [1.54, 1.807) is 6.07 Å². The Morgan fingerprint density at radius 3 is 2.90 bits per heavy atom. The summed E-state index contributed by atoms with van der Waals surface area (Å²) in [5.74, 6) is 0.569. The van der Waals surface area contributed by atoms with E-state index in [1.807, 2.05) is 25.1 Å². The minimum Gasteiger partial charge on any atom is -0.489 e. The first kappa shape index (κ1) is 13.1. The van der Waals surface area contributed by atoms with E-state index in [0.717, 1.165) is 40.8 Å². The lowest BCUT2D eigenvalue weighted by atomic mass is 10.1. The Hall–Kier alpha value is -1.87. The zero-order valence-corrected chi connectivity index (χ0v) is 11.4. The molecule has 104 valence electrons. The van der Waals surface area contributed by atoms with Gasteiger partial charge in [0, 0.05) is 0 Å². The number of fused-ring (bicyclic) bond motifs is 1. The summed E-state index contributed by atoms with van der Waals surface area (Å²) in [5.41, 5.74) is 4.04. The van der Waals surface area contributed by atoms with Crippen molar-refractivity contribution in [3.05, 3.63) is 64.5 Å². The van der Waals surface area contributed by atoms with Gasteiger partial charge in [-0.25, -0.2) is 4.39 Å². The lowest BCUT2D eigenvalue weighted by Gasteiger charge is -2.10. The Morgan fingerprint density at radius 2 is 2.10 bits per heavy atom. The summed E-state index contributed by atoms with van der Waals surface area (Å²) in [6.45, 7) is 2.30.